The van der Waals surface area contributed by atoms with Gasteiger partial charge in [-0.25, -0.2) is 17.9 Å². The van der Waals surface area contributed by atoms with Crippen molar-refractivity contribution in [3.8, 4) is 23.2 Å². The van der Waals surface area contributed by atoms with Gasteiger partial charge in [0.2, 0.25) is 29.5 Å². The number of rotatable bonds is 6. The normalized spacial score (nSPS) is 11.0. The van der Waals surface area contributed by atoms with Crippen molar-refractivity contribution in [1.29, 1.82) is 0 Å². The highest BCUT2D eigenvalue weighted by Crippen LogP contribution is 2.26. The third-order valence-electron chi connectivity index (χ3n) is 3.48. The van der Waals surface area contributed by atoms with Crippen LogP contribution in [0.25, 0.3) is 11.5 Å². The second-order valence-electron chi connectivity index (χ2n) is 5.46. The van der Waals surface area contributed by atoms with E-state index in [-0.39, 0.29) is 39.9 Å². The van der Waals surface area contributed by atoms with Crippen LogP contribution in [0, 0.1) is 6.92 Å². The van der Waals surface area contributed by atoms with E-state index in [1.807, 2.05) is 4.72 Å². The monoisotopic (exact) mass is 420 g/mol. The molecule has 2 heterocycles. The Morgan fingerprint density at radius 1 is 1.07 bits per heavy atom. The molecule has 0 bridgehead atoms. The van der Waals surface area contributed by atoms with Gasteiger partial charge in [-0.3, -0.25) is 5.32 Å². The second kappa shape index (κ2) is 8.10. The van der Waals surface area contributed by atoms with Gasteiger partial charge in [0.25, 0.3) is 10.0 Å². The Hall–Kier alpha value is -3.74. The summed E-state index contributed by atoms with van der Waals surface area (Å²) in [5, 5.41) is 9.72. The molecule has 0 saturated carbocycles. The summed E-state index contributed by atoms with van der Waals surface area (Å²) in [5.74, 6) is 0.292. The van der Waals surface area contributed by atoms with Gasteiger partial charge in [0.1, 0.15) is 4.90 Å². The van der Waals surface area contributed by atoms with Crippen molar-refractivity contribution >= 4 is 22.0 Å². The Balaban J connectivity index is 1.84. The molecule has 0 fully saturated rings. The van der Waals surface area contributed by atoms with E-state index >= 15 is 0 Å². The number of benzene rings is 1. The molecule has 3 rings (SSSR count). The standard InChI is InChI=1S/C16H16N6O6S/c1-9-20-21-14(28-9)10-6-4-5-7-11(10)29(24,25)22-16(23)19-15-17-12(26-2)8-13(18-15)27-3/h4-8H,1-3H3,(H2,17,18,19,22,23). The van der Waals surface area contributed by atoms with Crippen molar-refractivity contribution in [3.63, 3.8) is 0 Å². The van der Waals surface area contributed by atoms with Crippen LogP contribution in [0.1, 0.15) is 5.89 Å². The molecule has 2 N–H and O–H groups in total. The van der Waals surface area contributed by atoms with E-state index in [1.54, 1.807) is 13.0 Å². The number of hydrogen-bond donors (Lipinski definition) is 2. The predicted molar refractivity (Wildman–Crippen MR) is 98.9 cm³/mol. The van der Waals surface area contributed by atoms with Gasteiger partial charge in [0.15, 0.2) is 0 Å². The van der Waals surface area contributed by atoms with Crippen molar-refractivity contribution in [3.05, 3.63) is 36.2 Å². The number of aryl methyl sites for hydroxylation is 1. The first kappa shape index (κ1) is 20.0. The summed E-state index contributed by atoms with van der Waals surface area (Å²) < 4.78 is 42.6. The summed E-state index contributed by atoms with van der Waals surface area (Å²) in [7, 11) is -1.55. The Morgan fingerprint density at radius 2 is 1.72 bits per heavy atom. The Morgan fingerprint density at radius 3 is 2.31 bits per heavy atom. The number of carbonyl (C=O) groups excluding carboxylic acids is 1. The maximum absolute atomic E-state index is 12.7. The Labute approximate surface area is 165 Å². The maximum Gasteiger partial charge on any atom is 0.335 e. The summed E-state index contributed by atoms with van der Waals surface area (Å²) in [6, 6.07) is 6.18. The molecular formula is C16H16N6O6S. The van der Waals surface area contributed by atoms with Gasteiger partial charge in [-0.15, -0.1) is 10.2 Å². The number of nitrogens with one attached hydrogen (secondary N) is 2. The molecule has 3 aromatic rings. The van der Waals surface area contributed by atoms with Crippen LogP contribution in [0.3, 0.4) is 0 Å². The fourth-order valence-electron chi connectivity index (χ4n) is 2.26. The predicted octanol–water partition coefficient (Wildman–Crippen LogP) is 1.36. The molecule has 1 aromatic carbocycles. The molecule has 0 spiro atoms. The number of ether oxygens (including phenoxy) is 2. The lowest BCUT2D eigenvalue weighted by molar-refractivity contribution is 0.256. The smallest absolute Gasteiger partial charge is 0.335 e. The topological polar surface area (TPSA) is 158 Å². The first-order valence-electron chi connectivity index (χ1n) is 8.03. The van der Waals surface area contributed by atoms with E-state index in [9.17, 15) is 13.2 Å². The summed E-state index contributed by atoms with van der Waals surface area (Å²) in [6.45, 7) is 1.57. The first-order chi connectivity index (χ1) is 13.8. The van der Waals surface area contributed by atoms with Gasteiger partial charge in [0.05, 0.1) is 25.8 Å². The highest BCUT2D eigenvalue weighted by atomic mass is 32.2. The number of hydrogen-bond acceptors (Lipinski definition) is 10. The minimum atomic E-state index is -4.29. The van der Waals surface area contributed by atoms with Crippen LogP contribution >= 0.6 is 0 Å². The quantitative estimate of drug-likeness (QED) is 0.596. The lowest BCUT2D eigenvalue weighted by Gasteiger charge is -2.11. The highest BCUT2D eigenvalue weighted by Gasteiger charge is 2.24. The molecule has 0 aliphatic carbocycles. The van der Waals surface area contributed by atoms with E-state index in [0.717, 1.165) is 0 Å². The molecule has 0 aliphatic heterocycles. The van der Waals surface area contributed by atoms with Crippen LogP contribution in [0.4, 0.5) is 10.7 Å². The molecule has 2 aromatic heterocycles. The van der Waals surface area contributed by atoms with Crippen molar-refractivity contribution in [2.45, 2.75) is 11.8 Å². The van der Waals surface area contributed by atoms with E-state index in [4.69, 9.17) is 13.9 Å². The highest BCUT2D eigenvalue weighted by molar-refractivity contribution is 7.90. The van der Waals surface area contributed by atoms with Gasteiger partial charge in [0, 0.05) is 6.92 Å². The molecule has 152 valence electrons. The van der Waals surface area contributed by atoms with Gasteiger partial charge in [-0.2, -0.15) is 9.97 Å². The molecule has 0 saturated heterocycles. The van der Waals surface area contributed by atoms with Crippen LogP contribution in [0.5, 0.6) is 11.8 Å². The lowest BCUT2D eigenvalue weighted by atomic mass is 10.2. The van der Waals surface area contributed by atoms with E-state index < -0.39 is 16.1 Å². The Bertz CT molecular complexity index is 1120. The molecule has 12 nitrogen and oxygen atoms in total. The lowest BCUT2D eigenvalue weighted by Crippen LogP contribution is -2.35. The zero-order chi connectivity index (χ0) is 21.0. The van der Waals surface area contributed by atoms with Crippen molar-refractivity contribution in [2.24, 2.45) is 0 Å². The second-order valence-corrected chi connectivity index (χ2v) is 7.11. The van der Waals surface area contributed by atoms with Crippen molar-refractivity contribution < 1.29 is 27.1 Å². The largest absolute Gasteiger partial charge is 0.481 e. The third kappa shape index (κ3) is 4.57. The van der Waals surface area contributed by atoms with E-state index in [0.29, 0.717) is 0 Å². The van der Waals surface area contributed by atoms with Crippen LogP contribution in [-0.2, 0) is 10.0 Å². The van der Waals surface area contributed by atoms with Crippen LogP contribution in [0.15, 0.2) is 39.6 Å². The minimum Gasteiger partial charge on any atom is -0.481 e. The van der Waals surface area contributed by atoms with Gasteiger partial charge < -0.3 is 13.9 Å². The van der Waals surface area contributed by atoms with E-state index in [2.05, 4.69) is 25.5 Å². The zero-order valence-corrected chi connectivity index (χ0v) is 16.3. The van der Waals surface area contributed by atoms with E-state index in [1.165, 1.54) is 38.5 Å². The first-order valence-corrected chi connectivity index (χ1v) is 9.51. The van der Waals surface area contributed by atoms with Gasteiger partial charge >= 0.3 is 6.03 Å². The minimum absolute atomic E-state index is 0.00440. The SMILES string of the molecule is COc1cc(OC)nc(NC(=O)NS(=O)(=O)c2ccccc2-c2nnc(C)o2)n1. The molecular weight excluding hydrogens is 404 g/mol. The molecule has 2 amide bonds. The number of anilines is 1. The number of nitrogens with zero attached hydrogens (tertiary/aromatic N) is 4. The number of urea groups is 1. The van der Waals surface area contributed by atoms with Crippen molar-refractivity contribution in [1.82, 2.24) is 24.9 Å². The van der Waals surface area contributed by atoms with Gasteiger partial charge in [-0.05, 0) is 12.1 Å². The number of amides is 2. The zero-order valence-electron chi connectivity index (χ0n) is 15.5. The van der Waals surface area contributed by atoms with Crippen LogP contribution in [0.2, 0.25) is 0 Å². The summed E-state index contributed by atoms with van der Waals surface area (Å²) in [6.07, 6.45) is 0. The molecule has 13 heteroatoms. The van der Waals surface area contributed by atoms with Crippen LogP contribution < -0.4 is 19.5 Å². The fraction of sp³-hybridized carbons (Fsp3) is 0.188. The average molecular weight is 420 g/mol. The Kier molecular flexibility index (Phi) is 5.59. The third-order valence-corrected chi connectivity index (χ3v) is 4.87. The molecule has 0 aliphatic rings. The number of carbonyl (C=O) groups is 1. The molecule has 0 atom stereocenters. The van der Waals surface area contributed by atoms with Gasteiger partial charge in [-0.1, -0.05) is 12.1 Å². The average Bonchev–Trinajstić information content (AvgIpc) is 3.13. The maximum atomic E-state index is 12.7. The number of sulfonamides is 1. The molecule has 0 unspecified atom stereocenters. The number of aromatic nitrogens is 4. The summed E-state index contributed by atoms with van der Waals surface area (Å²) >= 11 is 0. The number of methoxy groups -OCH3 is 2. The summed E-state index contributed by atoms with van der Waals surface area (Å²) in [5.41, 5.74) is 0.146. The fourth-order valence-corrected chi connectivity index (χ4v) is 3.36. The summed E-state index contributed by atoms with van der Waals surface area (Å²) in [4.78, 5) is 19.8. The molecule has 29 heavy (non-hydrogen) atoms. The van der Waals surface area contributed by atoms with Crippen molar-refractivity contribution in [2.75, 3.05) is 19.5 Å². The van der Waals surface area contributed by atoms with Crippen LogP contribution in [-0.4, -0.2) is 48.8 Å². The molecule has 0 radical (unpaired) electrons.